The zero-order valence-electron chi connectivity index (χ0n) is 14.9. The van der Waals surface area contributed by atoms with E-state index in [9.17, 15) is 35.9 Å². The highest BCUT2D eigenvalue weighted by molar-refractivity contribution is 6.31. The van der Waals surface area contributed by atoms with Crippen LogP contribution in [0.5, 0.6) is 0 Å². The Morgan fingerprint density at radius 3 is 2.37 bits per heavy atom. The van der Waals surface area contributed by atoms with Crippen LogP contribution in [-0.2, 0) is 21.9 Å². The summed E-state index contributed by atoms with van der Waals surface area (Å²) in [4.78, 5) is 25.7. The maximum atomic E-state index is 12.9. The maximum Gasteiger partial charge on any atom is 0.417 e. The number of carbonyl (C=O) groups is 2. The topological polar surface area (TPSA) is 49.4 Å². The van der Waals surface area contributed by atoms with Gasteiger partial charge < -0.3 is 10.2 Å². The normalized spacial score (nSPS) is 17.4. The van der Waals surface area contributed by atoms with E-state index in [1.165, 1.54) is 12.1 Å². The minimum Gasteiger partial charge on any atom is -0.326 e. The summed E-state index contributed by atoms with van der Waals surface area (Å²) >= 11 is 5.53. The highest BCUT2D eigenvalue weighted by Crippen LogP contribution is 2.37. The van der Waals surface area contributed by atoms with E-state index in [0.717, 1.165) is 29.2 Å². The van der Waals surface area contributed by atoms with Gasteiger partial charge in [0.2, 0.25) is 11.8 Å². The third kappa shape index (κ3) is 4.69. The van der Waals surface area contributed by atoms with Crippen molar-refractivity contribution in [2.45, 2.75) is 18.8 Å². The molecule has 1 aliphatic heterocycles. The van der Waals surface area contributed by atoms with Crippen molar-refractivity contribution < 1.29 is 35.9 Å². The van der Waals surface area contributed by atoms with Gasteiger partial charge in [0, 0.05) is 24.3 Å². The van der Waals surface area contributed by atoms with Gasteiger partial charge in [-0.2, -0.15) is 26.3 Å². The Morgan fingerprint density at radius 1 is 1.03 bits per heavy atom. The number of anilines is 2. The van der Waals surface area contributed by atoms with E-state index in [-0.39, 0.29) is 24.3 Å². The minimum absolute atomic E-state index is 0.0176. The van der Waals surface area contributed by atoms with Crippen LogP contribution in [0.4, 0.5) is 37.7 Å². The summed E-state index contributed by atoms with van der Waals surface area (Å²) < 4.78 is 77.5. The number of nitrogens with one attached hydrogen (secondary N) is 1. The fraction of sp³-hybridized carbons (Fsp3) is 0.263. The Bertz CT molecular complexity index is 990. The molecular formula is C19H13ClF6N2O2. The van der Waals surface area contributed by atoms with Crippen molar-refractivity contribution in [1.82, 2.24) is 0 Å². The van der Waals surface area contributed by atoms with Crippen LogP contribution in [0.15, 0.2) is 42.5 Å². The molecule has 0 spiro atoms. The number of nitrogens with zero attached hydrogens (tertiary/aromatic N) is 1. The van der Waals surface area contributed by atoms with Gasteiger partial charge in [0.15, 0.2) is 0 Å². The van der Waals surface area contributed by atoms with Crippen LogP contribution in [0.25, 0.3) is 0 Å². The molecule has 2 amide bonds. The van der Waals surface area contributed by atoms with E-state index in [1.54, 1.807) is 0 Å². The molecule has 0 unspecified atom stereocenters. The Kier molecular flexibility index (Phi) is 5.72. The number of benzene rings is 2. The molecule has 2 aromatic rings. The van der Waals surface area contributed by atoms with Crippen molar-refractivity contribution in [1.29, 1.82) is 0 Å². The van der Waals surface area contributed by atoms with Gasteiger partial charge >= 0.3 is 12.4 Å². The lowest BCUT2D eigenvalue weighted by molar-refractivity contribution is -0.138. The SMILES string of the molecule is O=C(Nc1ccc(Cl)c(C(F)(F)F)c1)[C@@H]1CC(=O)N(c2cccc(C(F)(F)F)c2)C1. The second-order valence-corrected chi connectivity index (χ2v) is 7.04. The first-order chi connectivity index (χ1) is 13.9. The lowest BCUT2D eigenvalue weighted by atomic mass is 10.1. The Morgan fingerprint density at radius 2 is 1.73 bits per heavy atom. The molecular weight excluding hydrogens is 438 g/mol. The highest BCUT2D eigenvalue weighted by atomic mass is 35.5. The molecule has 4 nitrogen and oxygen atoms in total. The van der Waals surface area contributed by atoms with Gasteiger partial charge in [0.25, 0.3) is 0 Å². The molecule has 0 saturated carbocycles. The van der Waals surface area contributed by atoms with Gasteiger partial charge in [0.1, 0.15) is 0 Å². The molecule has 3 rings (SSSR count). The zero-order valence-corrected chi connectivity index (χ0v) is 15.7. The van der Waals surface area contributed by atoms with Crippen molar-refractivity contribution >= 4 is 34.8 Å². The average molecular weight is 451 g/mol. The number of rotatable bonds is 3. The number of amides is 2. The first-order valence-electron chi connectivity index (χ1n) is 8.51. The van der Waals surface area contributed by atoms with Gasteiger partial charge in [-0.15, -0.1) is 0 Å². The molecule has 2 aromatic carbocycles. The molecule has 160 valence electrons. The van der Waals surface area contributed by atoms with Crippen molar-refractivity contribution in [2.24, 2.45) is 5.92 Å². The monoisotopic (exact) mass is 450 g/mol. The number of carbonyl (C=O) groups excluding carboxylic acids is 2. The van der Waals surface area contributed by atoms with E-state index < -0.39 is 46.2 Å². The summed E-state index contributed by atoms with van der Waals surface area (Å²) in [6.07, 6.45) is -9.61. The number of hydrogen-bond acceptors (Lipinski definition) is 2. The summed E-state index contributed by atoms with van der Waals surface area (Å²) in [5.41, 5.74) is -2.26. The molecule has 11 heteroatoms. The fourth-order valence-corrected chi connectivity index (χ4v) is 3.27. The minimum atomic E-state index is -4.72. The fourth-order valence-electron chi connectivity index (χ4n) is 3.05. The maximum absolute atomic E-state index is 12.9. The number of halogens is 7. The van der Waals surface area contributed by atoms with Crippen molar-refractivity contribution in [3.8, 4) is 0 Å². The second-order valence-electron chi connectivity index (χ2n) is 6.64. The quantitative estimate of drug-likeness (QED) is 0.639. The molecule has 0 bridgehead atoms. The lowest BCUT2D eigenvalue weighted by Gasteiger charge is -2.18. The van der Waals surface area contributed by atoms with Gasteiger partial charge in [-0.05, 0) is 36.4 Å². The standard InChI is InChI=1S/C19H13ClF6N2O2/c20-15-5-4-12(8-14(15)19(24,25)26)27-17(30)10-6-16(29)28(9-10)13-3-1-2-11(7-13)18(21,22)23/h1-5,7-8,10H,6,9H2,(H,27,30)/t10-/m1/s1. The van der Waals surface area contributed by atoms with Gasteiger partial charge in [-0.25, -0.2) is 0 Å². The first-order valence-corrected chi connectivity index (χ1v) is 8.89. The highest BCUT2D eigenvalue weighted by Gasteiger charge is 2.37. The van der Waals surface area contributed by atoms with Gasteiger partial charge in [0.05, 0.1) is 22.1 Å². The Hall–Kier alpha value is -2.75. The zero-order chi connectivity index (χ0) is 22.3. The van der Waals surface area contributed by atoms with Crippen molar-refractivity contribution in [3.63, 3.8) is 0 Å². The molecule has 0 radical (unpaired) electrons. The Balaban J connectivity index is 1.75. The van der Waals surface area contributed by atoms with E-state index in [4.69, 9.17) is 11.6 Å². The van der Waals surface area contributed by atoms with E-state index in [2.05, 4.69) is 5.32 Å². The predicted molar refractivity (Wildman–Crippen MR) is 97.0 cm³/mol. The molecule has 0 aromatic heterocycles. The molecule has 1 saturated heterocycles. The molecule has 1 heterocycles. The Labute approximate surface area is 171 Å². The second kappa shape index (κ2) is 7.82. The molecule has 1 aliphatic rings. The predicted octanol–water partition coefficient (Wildman–Crippen LogP) is 5.37. The van der Waals surface area contributed by atoms with E-state index >= 15 is 0 Å². The van der Waals surface area contributed by atoms with Gasteiger partial charge in [-0.3, -0.25) is 9.59 Å². The van der Waals surface area contributed by atoms with Crippen LogP contribution in [0.2, 0.25) is 5.02 Å². The van der Waals surface area contributed by atoms with Crippen LogP contribution in [-0.4, -0.2) is 18.4 Å². The van der Waals surface area contributed by atoms with Crippen LogP contribution in [0.1, 0.15) is 17.5 Å². The summed E-state index contributed by atoms with van der Waals surface area (Å²) in [5, 5.41) is 1.76. The van der Waals surface area contributed by atoms with Crippen LogP contribution < -0.4 is 10.2 Å². The van der Waals surface area contributed by atoms with Crippen molar-refractivity contribution in [3.05, 3.63) is 58.6 Å². The summed E-state index contributed by atoms with van der Waals surface area (Å²) in [7, 11) is 0. The largest absolute Gasteiger partial charge is 0.417 e. The molecule has 1 fully saturated rings. The summed E-state index contributed by atoms with van der Waals surface area (Å²) in [6.45, 7) is -0.203. The third-order valence-electron chi connectivity index (χ3n) is 4.52. The molecule has 1 N–H and O–H groups in total. The smallest absolute Gasteiger partial charge is 0.326 e. The van der Waals surface area contributed by atoms with Crippen LogP contribution >= 0.6 is 11.6 Å². The van der Waals surface area contributed by atoms with E-state index in [1.807, 2.05) is 0 Å². The van der Waals surface area contributed by atoms with Crippen molar-refractivity contribution in [2.75, 3.05) is 16.8 Å². The van der Waals surface area contributed by atoms with Crippen LogP contribution in [0, 0.1) is 5.92 Å². The molecule has 1 atom stereocenters. The third-order valence-corrected chi connectivity index (χ3v) is 4.85. The van der Waals surface area contributed by atoms with E-state index in [0.29, 0.717) is 6.07 Å². The molecule has 30 heavy (non-hydrogen) atoms. The lowest BCUT2D eigenvalue weighted by Crippen LogP contribution is -2.28. The van der Waals surface area contributed by atoms with Gasteiger partial charge in [-0.1, -0.05) is 17.7 Å². The summed E-state index contributed by atoms with van der Waals surface area (Å²) in [5.74, 6) is -2.24. The summed E-state index contributed by atoms with van der Waals surface area (Å²) in [6, 6.07) is 6.93. The number of hydrogen-bond donors (Lipinski definition) is 1. The molecule has 0 aliphatic carbocycles. The average Bonchev–Trinajstić information content (AvgIpc) is 3.04. The number of alkyl halides is 6. The van der Waals surface area contributed by atoms with Crippen LogP contribution in [0.3, 0.4) is 0 Å². The first kappa shape index (κ1) is 21.9.